The van der Waals surface area contributed by atoms with E-state index in [0.717, 1.165) is 16.5 Å². The Morgan fingerprint density at radius 1 is 1.27 bits per heavy atom. The van der Waals surface area contributed by atoms with Crippen molar-refractivity contribution in [3.8, 4) is 5.75 Å². The van der Waals surface area contributed by atoms with E-state index in [1.54, 1.807) is 19.4 Å². The van der Waals surface area contributed by atoms with Crippen molar-refractivity contribution in [2.24, 2.45) is 11.8 Å². The molecular formula is C25H34N2O6. The number of aromatic nitrogens is 1. The molecule has 0 bridgehead atoms. The Kier molecular flexibility index (Phi) is 7.29. The molecule has 8 nitrogen and oxygen atoms in total. The zero-order chi connectivity index (χ0) is 24.4. The second-order valence-electron chi connectivity index (χ2n) is 9.87. The van der Waals surface area contributed by atoms with Crippen molar-refractivity contribution in [2.45, 2.75) is 51.7 Å². The molecule has 1 aromatic carbocycles. The SMILES string of the molecule is COC(=O)[N+]1(C(C)(C)C)CC[C@@H](CCC(O)c2ccnc3ccc(OC)cc23)[C@@H](C(=O)[O-])C1. The van der Waals surface area contributed by atoms with Gasteiger partial charge in [0.05, 0.1) is 50.8 Å². The third-order valence-corrected chi connectivity index (χ3v) is 7.22. The molecule has 0 radical (unpaired) electrons. The van der Waals surface area contributed by atoms with Gasteiger partial charge in [-0.15, -0.1) is 0 Å². The average molecular weight is 459 g/mol. The van der Waals surface area contributed by atoms with Gasteiger partial charge < -0.3 is 24.5 Å². The largest absolute Gasteiger partial charge is 0.550 e. The summed E-state index contributed by atoms with van der Waals surface area (Å²) >= 11 is 0. The fourth-order valence-electron chi connectivity index (χ4n) is 5.09. The number of hydrogen-bond donors (Lipinski definition) is 1. The smallest absolute Gasteiger partial charge is 0.516 e. The average Bonchev–Trinajstić information content (AvgIpc) is 2.80. The highest BCUT2D eigenvalue weighted by Gasteiger charge is 2.54. The van der Waals surface area contributed by atoms with Crippen molar-refractivity contribution in [2.75, 3.05) is 27.3 Å². The number of likely N-dealkylation sites (tertiary alicyclic amines) is 1. The van der Waals surface area contributed by atoms with E-state index in [0.29, 0.717) is 31.6 Å². The minimum atomic E-state index is -1.16. The summed E-state index contributed by atoms with van der Waals surface area (Å²) in [6.45, 7) is 6.36. The van der Waals surface area contributed by atoms with Gasteiger partial charge in [-0.25, -0.2) is 4.48 Å². The van der Waals surface area contributed by atoms with Crippen LogP contribution in [0.25, 0.3) is 10.9 Å². The van der Waals surface area contributed by atoms with Gasteiger partial charge in [-0.05, 0) is 69.4 Å². The maximum atomic E-state index is 12.7. The van der Waals surface area contributed by atoms with Crippen molar-refractivity contribution in [1.82, 2.24) is 4.98 Å². The zero-order valence-electron chi connectivity index (χ0n) is 20.0. The van der Waals surface area contributed by atoms with Crippen LogP contribution in [0.5, 0.6) is 5.75 Å². The first-order valence-electron chi connectivity index (χ1n) is 11.3. The number of aliphatic hydroxyl groups excluding tert-OH is 1. The van der Waals surface area contributed by atoms with Crippen LogP contribution in [0.15, 0.2) is 30.5 Å². The van der Waals surface area contributed by atoms with Crippen LogP contribution in [0, 0.1) is 11.8 Å². The van der Waals surface area contributed by atoms with Crippen LogP contribution >= 0.6 is 0 Å². The van der Waals surface area contributed by atoms with Gasteiger partial charge in [0.25, 0.3) is 0 Å². The van der Waals surface area contributed by atoms with Gasteiger partial charge in [0, 0.05) is 18.0 Å². The maximum Gasteiger partial charge on any atom is 0.516 e. The van der Waals surface area contributed by atoms with Crippen LogP contribution < -0.4 is 9.84 Å². The van der Waals surface area contributed by atoms with Crippen molar-refractivity contribution in [1.29, 1.82) is 0 Å². The Balaban J connectivity index is 1.80. The van der Waals surface area contributed by atoms with E-state index < -0.39 is 29.6 Å². The summed E-state index contributed by atoms with van der Waals surface area (Å²) in [4.78, 5) is 29.2. The highest BCUT2D eigenvalue weighted by molar-refractivity contribution is 5.83. The standard InChI is InChI=1S/C25H34N2O6/c1-25(2,3)27(24(31)33-5)13-11-16(20(15-27)23(29)30)6-9-22(28)18-10-12-26-21-8-7-17(32-4)14-19(18)21/h7-8,10,12,14,16,20,22,28H,6,9,11,13,15H2,1-5H3/t16-,20+,22?,27?/m1/s1. The third kappa shape index (κ3) is 4.82. The number of carboxylic acid groups (broad SMARTS) is 1. The number of benzene rings is 1. The Morgan fingerprint density at radius 3 is 2.61 bits per heavy atom. The minimum Gasteiger partial charge on any atom is -0.550 e. The third-order valence-electron chi connectivity index (χ3n) is 7.22. The van der Waals surface area contributed by atoms with E-state index in [9.17, 15) is 19.8 Å². The van der Waals surface area contributed by atoms with Crippen molar-refractivity contribution < 1.29 is 33.8 Å². The molecule has 3 rings (SSSR count). The van der Waals surface area contributed by atoms with Crippen LogP contribution in [0.4, 0.5) is 4.79 Å². The van der Waals surface area contributed by atoms with Crippen LogP contribution in [-0.2, 0) is 9.53 Å². The molecule has 2 heterocycles. The van der Waals surface area contributed by atoms with E-state index in [2.05, 4.69) is 4.98 Å². The second-order valence-corrected chi connectivity index (χ2v) is 9.87. The second kappa shape index (κ2) is 9.65. The van der Waals surface area contributed by atoms with Crippen LogP contribution in [0.1, 0.15) is 51.7 Å². The van der Waals surface area contributed by atoms with Gasteiger partial charge in [-0.2, -0.15) is 4.79 Å². The van der Waals surface area contributed by atoms with E-state index in [1.807, 2.05) is 39.0 Å². The molecule has 1 fully saturated rings. The first-order chi connectivity index (χ1) is 15.5. The molecule has 0 aliphatic carbocycles. The van der Waals surface area contributed by atoms with Gasteiger partial charge in [0.1, 0.15) is 11.3 Å². The molecule has 1 aliphatic heterocycles. The lowest BCUT2D eigenvalue weighted by Crippen LogP contribution is -2.69. The fraction of sp³-hybridized carbons (Fsp3) is 0.560. The Hall–Kier alpha value is -2.71. The number of nitrogens with zero attached hydrogens (tertiary/aromatic N) is 2. The number of ether oxygens (including phenoxy) is 2. The summed E-state index contributed by atoms with van der Waals surface area (Å²) in [6.07, 6.45) is 1.86. The predicted molar refractivity (Wildman–Crippen MR) is 121 cm³/mol. The van der Waals surface area contributed by atoms with Crippen molar-refractivity contribution in [3.05, 3.63) is 36.0 Å². The molecule has 0 saturated carbocycles. The lowest BCUT2D eigenvalue weighted by Gasteiger charge is -2.51. The molecule has 1 N–H and O–H groups in total. The summed E-state index contributed by atoms with van der Waals surface area (Å²) in [5.41, 5.74) is 0.970. The van der Waals surface area contributed by atoms with E-state index in [4.69, 9.17) is 9.47 Å². The summed E-state index contributed by atoms with van der Waals surface area (Å²) in [6, 6.07) is 7.28. The molecule has 0 spiro atoms. The molecule has 33 heavy (non-hydrogen) atoms. The zero-order valence-corrected chi connectivity index (χ0v) is 20.0. The monoisotopic (exact) mass is 458 g/mol. The van der Waals surface area contributed by atoms with Crippen molar-refractivity contribution >= 4 is 23.0 Å². The summed E-state index contributed by atoms with van der Waals surface area (Å²) < 4.78 is 10.3. The van der Waals surface area contributed by atoms with Gasteiger partial charge in [-0.3, -0.25) is 4.98 Å². The number of piperidine rings is 1. The molecule has 8 heteroatoms. The number of hydrogen-bond acceptors (Lipinski definition) is 7. The van der Waals surface area contributed by atoms with Crippen LogP contribution in [0.3, 0.4) is 0 Å². The van der Waals surface area contributed by atoms with Gasteiger partial charge in [0.2, 0.25) is 0 Å². The summed E-state index contributed by atoms with van der Waals surface area (Å²) in [5.74, 6) is -1.50. The first-order valence-corrected chi connectivity index (χ1v) is 11.3. The predicted octanol–water partition coefficient (Wildman–Crippen LogP) is 2.82. The number of carbonyl (C=O) groups excluding carboxylic acids is 2. The topological polar surface area (TPSA) is 109 Å². The number of rotatable bonds is 6. The van der Waals surface area contributed by atoms with Crippen LogP contribution in [0.2, 0.25) is 0 Å². The number of aliphatic carboxylic acids is 1. The molecule has 1 amide bonds. The highest BCUT2D eigenvalue weighted by Crippen LogP contribution is 2.39. The van der Waals surface area contributed by atoms with Gasteiger partial charge in [0.15, 0.2) is 0 Å². The Morgan fingerprint density at radius 2 is 2.00 bits per heavy atom. The quantitative estimate of drug-likeness (QED) is 0.663. The molecule has 1 saturated heterocycles. The van der Waals surface area contributed by atoms with E-state index in [-0.39, 0.29) is 16.9 Å². The summed E-state index contributed by atoms with van der Waals surface area (Å²) in [5, 5.41) is 23.9. The molecule has 180 valence electrons. The first kappa shape index (κ1) is 24.9. The van der Waals surface area contributed by atoms with Crippen molar-refractivity contribution in [3.63, 3.8) is 0 Å². The molecule has 1 aliphatic rings. The molecule has 4 atom stereocenters. The Labute approximate surface area is 194 Å². The minimum absolute atomic E-state index is 0.0595. The Bertz CT molecular complexity index is 1020. The summed E-state index contributed by atoms with van der Waals surface area (Å²) in [7, 11) is 2.92. The van der Waals surface area contributed by atoms with Gasteiger partial charge >= 0.3 is 6.09 Å². The molecule has 2 unspecified atom stereocenters. The number of carboxylic acids is 1. The molecular weight excluding hydrogens is 424 g/mol. The number of methoxy groups -OCH3 is 2. The number of carbonyl (C=O) groups is 2. The molecule has 2 aromatic rings. The fourth-order valence-corrected chi connectivity index (χ4v) is 5.09. The van der Waals surface area contributed by atoms with E-state index >= 15 is 0 Å². The van der Waals surface area contributed by atoms with Gasteiger partial charge in [-0.1, -0.05) is 0 Å². The number of aliphatic hydroxyl groups is 1. The lowest BCUT2D eigenvalue weighted by molar-refractivity contribution is -0.912. The normalized spacial score (nSPS) is 24.3. The van der Waals surface area contributed by atoms with E-state index in [1.165, 1.54) is 7.11 Å². The molecule has 1 aromatic heterocycles. The van der Waals surface area contributed by atoms with Crippen LogP contribution in [-0.4, -0.2) is 59.5 Å². The maximum absolute atomic E-state index is 12.7. The number of pyridine rings is 1. The highest BCUT2D eigenvalue weighted by atomic mass is 16.5. The number of fused-ring (bicyclic) bond motifs is 1. The number of amides is 1. The number of quaternary nitrogens is 1. The lowest BCUT2D eigenvalue weighted by atomic mass is 9.78.